The van der Waals surface area contributed by atoms with Crippen LogP contribution in [0.3, 0.4) is 0 Å². The van der Waals surface area contributed by atoms with Gasteiger partial charge in [-0.25, -0.2) is 0 Å². The first kappa shape index (κ1) is 28.4. The summed E-state index contributed by atoms with van der Waals surface area (Å²) in [5, 5.41) is 5.81. The van der Waals surface area contributed by atoms with E-state index in [9.17, 15) is 9.59 Å². The molecule has 218 valence electrons. The highest BCUT2D eigenvalue weighted by Crippen LogP contribution is 2.37. The average molecular weight is 609 g/mol. The average Bonchev–Trinajstić information content (AvgIpc) is 3.57. The Kier molecular flexibility index (Phi) is 7.72. The van der Waals surface area contributed by atoms with E-state index in [0.29, 0.717) is 17.7 Å². The van der Waals surface area contributed by atoms with E-state index in [1.807, 2.05) is 12.1 Å². The molecule has 6 heteroatoms. The highest BCUT2D eigenvalue weighted by atomic mass is 28.4. The smallest absolute Gasteiger partial charge is 0.261 e. The third kappa shape index (κ3) is 4.61. The summed E-state index contributed by atoms with van der Waals surface area (Å²) in [6, 6.07) is 54.3. The second kappa shape index (κ2) is 12.0. The molecule has 0 radical (unpaired) electrons. The number of hydrogen-bond donors (Lipinski definition) is 0. The fourth-order valence-corrected chi connectivity index (χ4v) is 23.1. The molecule has 0 N–H and O–H groups in total. The molecular weight excluding hydrogens is 573 g/mol. The minimum atomic E-state index is -2.43. The van der Waals surface area contributed by atoms with Gasteiger partial charge in [-0.05, 0) is 64.4 Å². The number of rotatable bonds is 9. The molecule has 0 spiro atoms. The van der Waals surface area contributed by atoms with Crippen LogP contribution in [0, 0.1) is 0 Å². The van der Waals surface area contributed by atoms with Crippen LogP contribution < -0.4 is 20.7 Å². The van der Waals surface area contributed by atoms with Crippen LogP contribution in [0.2, 0.25) is 12.1 Å². The number of carbonyl (C=O) groups is 2. The van der Waals surface area contributed by atoms with Crippen molar-refractivity contribution < 1.29 is 9.59 Å². The summed E-state index contributed by atoms with van der Waals surface area (Å²) in [7, 11) is -4.86. The Labute approximate surface area is 261 Å². The molecular formula is C38H36N2O2Si2. The van der Waals surface area contributed by atoms with Gasteiger partial charge in [0, 0.05) is 6.54 Å². The molecule has 2 aliphatic rings. The van der Waals surface area contributed by atoms with Crippen LogP contribution in [0.15, 0.2) is 146 Å². The number of hydrogen-bond acceptors (Lipinski definition) is 3. The van der Waals surface area contributed by atoms with E-state index in [0.717, 1.165) is 31.5 Å². The van der Waals surface area contributed by atoms with Crippen LogP contribution in [0.5, 0.6) is 0 Å². The molecule has 2 heterocycles. The SMILES string of the molecule is O=C1c2ccccc2C(=O)N1CCCCN1[Si](c2ccccc2)(c2ccccc2)CC[Si]1(c1ccccc1)c1ccccc1. The second-order valence-corrected chi connectivity index (χ2v) is 20.1. The zero-order valence-corrected chi connectivity index (χ0v) is 26.8. The Balaban J connectivity index is 1.30. The van der Waals surface area contributed by atoms with Crippen molar-refractivity contribution in [2.45, 2.75) is 24.9 Å². The van der Waals surface area contributed by atoms with Crippen molar-refractivity contribution in [3.63, 3.8) is 0 Å². The van der Waals surface area contributed by atoms with Crippen molar-refractivity contribution in [3.05, 3.63) is 157 Å². The lowest BCUT2D eigenvalue weighted by molar-refractivity contribution is 0.0651. The third-order valence-electron chi connectivity index (χ3n) is 9.67. The van der Waals surface area contributed by atoms with Crippen molar-refractivity contribution in [1.82, 2.24) is 9.13 Å². The van der Waals surface area contributed by atoms with Gasteiger partial charge in [0.15, 0.2) is 16.5 Å². The normalized spacial score (nSPS) is 17.1. The first-order chi connectivity index (χ1) is 21.7. The summed E-state index contributed by atoms with van der Waals surface area (Å²) in [6.07, 6.45) is 1.67. The van der Waals surface area contributed by atoms with Crippen LogP contribution in [-0.4, -0.2) is 50.5 Å². The summed E-state index contributed by atoms with van der Waals surface area (Å²) >= 11 is 0. The Hall–Kier alpha value is -4.37. The maximum absolute atomic E-state index is 13.1. The number of imide groups is 1. The molecule has 1 saturated heterocycles. The standard InChI is InChI=1S/C38H36N2O2Si2/c41-37-35-25-13-14-26-36(35)38(42)39(37)27-15-16-28-40-43(31-17-5-1-6-18-31,32-19-7-2-8-20-32)29-30-44(40,33-21-9-3-10-22-33)34-23-11-4-12-24-34/h1-14,17-26H,15-16,27-30H2. The van der Waals surface area contributed by atoms with Crippen LogP contribution in [0.1, 0.15) is 33.6 Å². The van der Waals surface area contributed by atoms with Crippen molar-refractivity contribution in [2.24, 2.45) is 0 Å². The van der Waals surface area contributed by atoms with Gasteiger partial charge in [-0.15, -0.1) is 0 Å². The van der Waals surface area contributed by atoms with Crippen LogP contribution >= 0.6 is 0 Å². The van der Waals surface area contributed by atoms with E-state index >= 15 is 0 Å². The molecule has 1 fully saturated rings. The van der Waals surface area contributed by atoms with Crippen LogP contribution in [0.25, 0.3) is 0 Å². The van der Waals surface area contributed by atoms with Crippen LogP contribution in [0.4, 0.5) is 0 Å². The predicted octanol–water partition coefficient (Wildman–Crippen LogP) is 4.90. The van der Waals surface area contributed by atoms with Gasteiger partial charge in [0.1, 0.15) is 0 Å². The molecule has 0 atom stereocenters. The van der Waals surface area contributed by atoms with Gasteiger partial charge in [0.25, 0.3) is 11.8 Å². The molecule has 5 aromatic rings. The molecule has 2 aliphatic heterocycles. The molecule has 0 bridgehead atoms. The number of nitrogens with zero attached hydrogens (tertiary/aromatic N) is 2. The quantitative estimate of drug-likeness (QED) is 0.136. The van der Waals surface area contributed by atoms with Gasteiger partial charge >= 0.3 is 0 Å². The lowest BCUT2D eigenvalue weighted by atomic mass is 10.1. The molecule has 44 heavy (non-hydrogen) atoms. The van der Waals surface area contributed by atoms with E-state index < -0.39 is 16.5 Å². The van der Waals surface area contributed by atoms with Gasteiger partial charge in [-0.1, -0.05) is 133 Å². The summed E-state index contributed by atoms with van der Waals surface area (Å²) < 4.78 is 3.01. The van der Waals surface area contributed by atoms with Crippen molar-refractivity contribution in [1.29, 1.82) is 0 Å². The van der Waals surface area contributed by atoms with Gasteiger partial charge < -0.3 is 4.23 Å². The summed E-state index contributed by atoms with van der Waals surface area (Å²) in [4.78, 5) is 27.7. The first-order valence-electron chi connectivity index (χ1n) is 15.6. The monoisotopic (exact) mass is 608 g/mol. The Morgan fingerprint density at radius 3 is 1.11 bits per heavy atom. The second-order valence-electron chi connectivity index (χ2n) is 11.9. The third-order valence-corrected chi connectivity index (χ3v) is 21.8. The van der Waals surface area contributed by atoms with Crippen molar-refractivity contribution in [2.75, 3.05) is 13.1 Å². The largest absolute Gasteiger partial charge is 0.331 e. The van der Waals surface area contributed by atoms with E-state index in [1.54, 1.807) is 12.1 Å². The number of unbranched alkanes of at least 4 members (excludes halogenated alkanes) is 1. The molecule has 5 aromatic carbocycles. The van der Waals surface area contributed by atoms with E-state index in [4.69, 9.17) is 0 Å². The van der Waals surface area contributed by atoms with Crippen molar-refractivity contribution >= 4 is 49.0 Å². The maximum atomic E-state index is 13.1. The molecule has 0 aromatic heterocycles. The fraction of sp³-hybridized carbons (Fsp3) is 0.158. The lowest BCUT2D eigenvalue weighted by Gasteiger charge is -2.47. The predicted molar refractivity (Wildman–Crippen MR) is 183 cm³/mol. The molecule has 0 saturated carbocycles. The lowest BCUT2D eigenvalue weighted by Crippen LogP contribution is -2.78. The highest BCUT2D eigenvalue weighted by molar-refractivity contribution is 7.17. The molecule has 0 unspecified atom stereocenters. The number of amides is 2. The maximum Gasteiger partial charge on any atom is 0.261 e. The minimum absolute atomic E-state index is 0.165. The van der Waals surface area contributed by atoms with Gasteiger partial charge in [0.05, 0.1) is 11.1 Å². The highest BCUT2D eigenvalue weighted by Gasteiger charge is 2.60. The van der Waals surface area contributed by atoms with E-state index in [2.05, 4.69) is 126 Å². The van der Waals surface area contributed by atoms with Crippen molar-refractivity contribution in [3.8, 4) is 0 Å². The van der Waals surface area contributed by atoms with Gasteiger partial charge in [-0.3, -0.25) is 14.5 Å². The number of carbonyl (C=O) groups excluding carboxylic acids is 2. The van der Waals surface area contributed by atoms with E-state index in [1.165, 1.54) is 25.6 Å². The number of benzene rings is 5. The number of fused-ring (bicyclic) bond motifs is 1. The van der Waals surface area contributed by atoms with E-state index in [-0.39, 0.29) is 11.8 Å². The van der Waals surface area contributed by atoms with Gasteiger partial charge in [-0.2, -0.15) is 0 Å². The Bertz CT molecular complexity index is 1560. The zero-order chi connectivity index (χ0) is 30.0. The molecule has 4 nitrogen and oxygen atoms in total. The molecule has 0 aliphatic carbocycles. The molecule has 7 rings (SSSR count). The summed E-state index contributed by atoms with van der Waals surface area (Å²) in [6.45, 7) is 1.35. The zero-order valence-electron chi connectivity index (χ0n) is 24.8. The van der Waals surface area contributed by atoms with Gasteiger partial charge in [0.2, 0.25) is 0 Å². The summed E-state index contributed by atoms with van der Waals surface area (Å²) in [5.41, 5.74) is 1.05. The fourth-order valence-electron chi connectivity index (χ4n) is 7.71. The first-order valence-corrected chi connectivity index (χ1v) is 19.9. The topological polar surface area (TPSA) is 40.6 Å². The Morgan fingerprint density at radius 2 is 0.750 bits per heavy atom. The van der Waals surface area contributed by atoms with Crippen LogP contribution in [-0.2, 0) is 0 Å². The molecule has 2 amide bonds. The summed E-state index contributed by atoms with van der Waals surface area (Å²) in [5.74, 6) is -0.331. The minimum Gasteiger partial charge on any atom is -0.331 e. The Morgan fingerprint density at radius 1 is 0.432 bits per heavy atom.